The van der Waals surface area contributed by atoms with Crippen LogP contribution in [-0.2, 0) is 11.2 Å². The van der Waals surface area contributed by atoms with Crippen molar-refractivity contribution in [1.29, 1.82) is 0 Å². The molecule has 1 aromatic carbocycles. The van der Waals surface area contributed by atoms with Crippen molar-refractivity contribution in [2.45, 2.75) is 25.6 Å². The van der Waals surface area contributed by atoms with E-state index in [9.17, 15) is 18.0 Å². The highest BCUT2D eigenvalue weighted by Gasteiger charge is 2.27. The Bertz CT molecular complexity index is 404. The fourth-order valence-electron chi connectivity index (χ4n) is 1.31. The predicted molar refractivity (Wildman–Crippen MR) is 56.9 cm³/mol. The largest absolute Gasteiger partial charge is 0.480 e. The van der Waals surface area contributed by atoms with Crippen molar-refractivity contribution in [1.82, 2.24) is 0 Å². The van der Waals surface area contributed by atoms with Crippen LogP contribution in [0.3, 0.4) is 0 Å². The summed E-state index contributed by atoms with van der Waals surface area (Å²) in [6, 6.07) is 4.78. The molecule has 0 radical (unpaired) electrons. The molecule has 0 spiro atoms. The average Bonchev–Trinajstić information content (AvgIpc) is 2.15. The van der Waals surface area contributed by atoms with Gasteiger partial charge in [-0.05, 0) is 24.6 Å². The number of carbonyl (C=O) groups is 1. The SMILES string of the molecule is C[C@H](Nc1cccc(CC(F)(F)F)c1)C(=O)O. The Balaban J connectivity index is 2.76. The van der Waals surface area contributed by atoms with Crippen molar-refractivity contribution in [2.75, 3.05) is 5.32 Å². The average molecular weight is 247 g/mol. The van der Waals surface area contributed by atoms with E-state index in [0.29, 0.717) is 5.69 Å². The maximum Gasteiger partial charge on any atom is 0.393 e. The smallest absolute Gasteiger partial charge is 0.393 e. The molecule has 0 unspecified atom stereocenters. The highest BCUT2D eigenvalue weighted by Crippen LogP contribution is 2.23. The fourth-order valence-corrected chi connectivity index (χ4v) is 1.31. The third kappa shape index (κ3) is 4.76. The molecular formula is C11H12F3NO2. The van der Waals surface area contributed by atoms with Crippen LogP contribution in [0.15, 0.2) is 24.3 Å². The van der Waals surface area contributed by atoms with Crippen LogP contribution in [0.4, 0.5) is 18.9 Å². The van der Waals surface area contributed by atoms with E-state index in [0.717, 1.165) is 0 Å². The summed E-state index contributed by atoms with van der Waals surface area (Å²) < 4.78 is 36.4. The lowest BCUT2D eigenvalue weighted by Gasteiger charge is -2.12. The second kappa shape index (κ2) is 5.07. The molecule has 0 saturated heterocycles. The lowest BCUT2D eigenvalue weighted by atomic mass is 10.1. The highest BCUT2D eigenvalue weighted by molar-refractivity contribution is 5.76. The zero-order valence-electron chi connectivity index (χ0n) is 9.08. The molecule has 0 heterocycles. The van der Waals surface area contributed by atoms with Crippen LogP contribution in [0, 0.1) is 0 Å². The number of benzene rings is 1. The van der Waals surface area contributed by atoms with Crippen LogP contribution in [0.2, 0.25) is 0 Å². The Kier molecular flexibility index (Phi) is 3.98. The van der Waals surface area contributed by atoms with Crippen molar-refractivity contribution in [3.8, 4) is 0 Å². The number of halogens is 3. The number of nitrogens with one attached hydrogen (secondary N) is 1. The Labute approximate surface area is 96.3 Å². The molecule has 94 valence electrons. The molecular weight excluding hydrogens is 235 g/mol. The number of rotatable bonds is 4. The van der Waals surface area contributed by atoms with E-state index in [-0.39, 0.29) is 5.56 Å². The molecule has 0 aromatic heterocycles. The number of alkyl halides is 3. The topological polar surface area (TPSA) is 49.3 Å². The van der Waals surface area contributed by atoms with Gasteiger partial charge in [0.1, 0.15) is 6.04 Å². The van der Waals surface area contributed by atoms with Gasteiger partial charge >= 0.3 is 12.1 Å². The molecule has 0 aliphatic rings. The summed E-state index contributed by atoms with van der Waals surface area (Å²) in [6.45, 7) is 1.42. The summed E-state index contributed by atoms with van der Waals surface area (Å²) in [6.07, 6.45) is -5.29. The van der Waals surface area contributed by atoms with E-state index < -0.39 is 24.6 Å². The first kappa shape index (κ1) is 13.3. The molecule has 17 heavy (non-hydrogen) atoms. The summed E-state index contributed by atoms with van der Waals surface area (Å²) in [7, 11) is 0. The summed E-state index contributed by atoms with van der Waals surface area (Å²) in [5.41, 5.74) is 0.460. The molecule has 1 rings (SSSR count). The Morgan fingerprint density at radius 1 is 1.47 bits per heavy atom. The Morgan fingerprint density at radius 2 is 2.12 bits per heavy atom. The van der Waals surface area contributed by atoms with Crippen LogP contribution < -0.4 is 5.32 Å². The van der Waals surface area contributed by atoms with Gasteiger partial charge in [-0.3, -0.25) is 4.79 Å². The Morgan fingerprint density at radius 3 is 2.65 bits per heavy atom. The zero-order chi connectivity index (χ0) is 13.1. The third-order valence-electron chi connectivity index (χ3n) is 2.09. The maximum absolute atomic E-state index is 12.1. The van der Waals surface area contributed by atoms with E-state index >= 15 is 0 Å². The lowest BCUT2D eigenvalue weighted by Crippen LogP contribution is -2.25. The second-order valence-corrected chi connectivity index (χ2v) is 3.70. The molecule has 0 saturated carbocycles. The summed E-state index contributed by atoms with van der Waals surface area (Å²) in [5.74, 6) is -1.06. The molecule has 6 heteroatoms. The molecule has 0 aliphatic carbocycles. The summed E-state index contributed by atoms with van der Waals surface area (Å²) in [4.78, 5) is 10.6. The number of hydrogen-bond acceptors (Lipinski definition) is 2. The van der Waals surface area contributed by atoms with Gasteiger partial charge in [0.25, 0.3) is 0 Å². The van der Waals surface area contributed by atoms with E-state index in [1.54, 1.807) is 0 Å². The minimum absolute atomic E-state index is 0.0973. The molecule has 3 nitrogen and oxygen atoms in total. The van der Waals surface area contributed by atoms with Crippen LogP contribution in [0.5, 0.6) is 0 Å². The van der Waals surface area contributed by atoms with Crippen LogP contribution >= 0.6 is 0 Å². The molecule has 2 N–H and O–H groups in total. The first-order valence-electron chi connectivity index (χ1n) is 4.93. The van der Waals surface area contributed by atoms with Gasteiger partial charge in [-0.15, -0.1) is 0 Å². The van der Waals surface area contributed by atoms with Crippen molar-refractivity contribution in [3.05, 3.63) is 29.8 Å². The molecule has 1 aromatic rings. The summed E-state index contributed by atoms with van der Waals surface area (Å²) >= 11 is 0. The molecule has 0 amide bonds. The van der Waals surface area contributed by atoms with Crippen LogP contribution in [0.25, 0.3) is 0 Å². The number of aliphatic carboxylic acids is 1. The van der Waals surface area contributed by atoms with E-state index in [4.69, 9.17) is 5.11 Å². The monoisotopic (exact) mass is 247 g/mol. The normalized spacial score (nSPS) is 13.2. The molecule has 0 bridgehead atoms. The third-order valence-corrected chi connectivity index (χ3v) is 2.09. The minimum atomic E-state index is -4.27. The number of carboxylic acids is 1. The molecule has 0 aliphatic heterocycles. The Hall–Kier alpha value is -1.72. The van der Waals surface area contributed by atoms with Gasteiger partial charge < -0.3 is 10.4 Å². The van der Waals surface area contributed by atoms with Gasteiger partial charge in [0.2, 0.25) is 0 Å². The number of hydrogen-bond donors (Lipinski definition) is 2. The van der Waals surface area contributed by atoms with E-state index in [1.165, 1.54) is 31.2 Å². The van der Waals surface area contributed by atoms with Crippen LogP contribution in [-0.4, -0.2) is 23.3 Å². The lowest BCUT2D eigenvalue weighted by molar-refractivity contribution is -0.137. The number of carboxylic acid groups (broad SMARTS) is 1. The first-order valence-corrected chi connectivity index (χ1v) is 4.93. The predicted octanol–water partition coefficient (Wildman–Crippen LogP) is 2.68. The zero-order valence-corrected chi connectivity index (χ0v) is 9.08. The minimum Gasteiger partial charge on any atom is -0.480 e. The highest BCUT2D eigenvalue weighted by atomic mass is 19.4. The quantitative estimate of drug-likeness (QED) is 0.860. The van der Waals surface area contributed by atoms with Gasteiger partial charge in [0, 0.05) is 5.69 Å². The van der Waals surface area contributed by atoms with E-state index in [1.807, 2.05) is 0 Å². The van der Waals surface area contributed by atoms with Gasteiger partial charge in [-0.2, -0.15) is 13.2 Å². The first-order chi connectivity index (χ1) is 7.78. The molecule has 0 fully saturated rings. The van der Waals surface area contributed by atoms with Gasteiger partial charge in [-0.1, -0.05) is 12.1 Å². The maximum atomic E-state index is 12.1. The van der Waals surface area contributed by atoms with Crippen molar-refractivity contribution >= 4 is 11.7 Å². The van der Waals surface area contributed by atoms with Crippen molar-refractivity contribution in [3.63, 3.8) is 0 Å². The van der Waals surface area contributed by atoms with Crippen molar-refractivity contribution < 1.29 is 23.1 Å². The number of anilines is 1. The molecule has 1 atom stereocenters. The standard InChI is InChI=1S/C11H12F3NO2/c1-7(10(16)17)15-9-4-2-3-8(5-9)6-11(12,13)14/h2-5,7,15H,6H2,1H3,(H,16,17)/t7-/m0/s1. The van der Waals surface area contributed by atoms with Gasteiger partial charge in [-0.25, -0.2) is 0 Å². The fraction of sp³-hybridized carbons (Fsp3) is 0.364. The van der Waals surface area contributed by atoms with Crippen molar-refractivity contribution in [2.24, 2.45) is 0 Å². The van der Waals surface area contributed by atoms with Gasteiger partial charge in [0.15, 0.2) is 0 Å². The van der Waals surface area contributed by atoms with Gasteiger partial charge in [0.05, 0.1) is 6.42 Å². The van der Waals surface area contributed by atoms with Crippen LogP contribution in [0.1, 0.15) is 12.5 Å². The van der Waals surface area contributed by atoms with E-state index in [2.05, 4.69) is 5.32 Å². The second-order valence-electron chi connectivity index (χ2n) is 3.70. The summed E-state index contributed by atoms with van der Waals surface area (Å²) in [5, 5.41) is 11.3.